The fourth-order valence-corrected chi connectivity index (χ4v) is 4.25. The number of nitrogens with zero attached hydrogens (tertiary/aromatic N) is 4. The molecule has 4 rings (SSSR count). The van der Waals surface area contributed by atoms with E-state index in [2.05, 4.69) is 41.2 Å². The van der Waals surface area contributed by atoms with Crippen LogP contribution in [0.2, 0.25) is 0 Å². The van der Waals surface area contributed by atoms with Crippen LogP contribution >= 0.6 is 0 Å². The molecule has 0 unspecified atom stereocenters. The second kappa shape index (κ2) is 10.0. The van der Waals surface area contributed by atoms with Crippen LogP contribution in [0.1, 0.15) is 32.9 Å². The van der Waals surface area contributed by atoms with Gasteiger partial charge in [0.25, 0.3) is 5.91 Å². The van der Waals surface area contributed by atoms with E-state index in [0.717, 1.165) is 67.4 Å². The van der Waals surface area contributed by atoms with E-state index in [4.69, 9.17) is 4.74 Å². The molecule has 1 saturated heterocycles. The van der Waals surface area contributed by atoms with Gasteiger partial charge < -0.3 is 9.64 Å². The fraction of sp³-hybridized carbons (Fsp3) is 0.385. The zero-order valence-electron chi connectivity index (χ0n) is 19.3. The van der Waals surface area contributed by atoms with Gasteiger partial charge in [-0.25, -0.2) is 0 Å². The Kier molecular flexibility index (Phi) is 6.90. The largest absolute Gasteiger partial charge is 0.497 e. The lowest BCUT2D eigenvalue weighted by atomic mass is 10.1. The van der Waals surface area contributed by atoms with Gasteiger partial charge in [0.2, 0.25) is 0 Å². The number of ether oxygens (including phenoxy) is 1. The first-order valence-electron chi connectivity index (χ1n) is 11.3. The van der Waals surface area contributed by atoms with E-state index in [0.29, 0.717) is 6.54 Å². The highest BCUT2D eigenvalue weighted by atomic mass is 16.5. The van der Waals surface area contributed by atoms with Crippen molar-refractivity contribution in [2.75, 3.05) is 39.8 Å². The summed E-state index contributed by atoms with van der Waals surface area (Å²) >= 11 is 0. The highest BCUT2D eigenvalue weighted by Gasteiger charge is 2.22. The lowest BCUT2D eigenvalue weighted by Crippen LogP contribution is -2.49. The van der Waals surface area contributed by atoms with E-state index < -0.39 is 0 Å². The Bertz CT molecular complexity index is 1050. The summed E-state index contributed by atoms with van der Waals surface area (Å²) < 4.78 is 7.21. The van der Waals surface area contributed by atoms with Gasteiger partial charge in [-0.3, -0.25) is 14.4 Å². The Morgan fingerprint density at radius 2 is 1.72 bits per heavy atom. The molecule has 2 aromatic carbocycles. The molecule has 0 aliphatic carbocycles. The predicted octanol–water partition coefficient (Wildman–Crippen LogP) is 3.56. The molecule has 1 aliphatic heterocycles. The van der Waals surface area contributed by atoms with E-state index in [9.17, 15) is 4.79 Å². The zero-order chi connectivity index (χ0) is 22.5. The van der Waals surface area contributed by atoms with E-state index >= 15 is 0 Å². The highest BCUT2D eigenvalue weighted by molar-refractivity contribution is 5.94. The van der Waals surface area contributed by atoms with Crippen LogP contribution in [0, 0.1) is 13.8 Å². The summed E-state index contributed by atoms with van der Waals surface area (Å²) in [6.07, 6.45) is 1.01. The minimum absolute atomic E-state index is 0.120. The zero-order valence-corrected chi connectivity index (χ0v) is 19.3. The SMILES string of the molecule is COc1ccc(CCN2CCN(C(=O)c3cccc(Cn4nc(C)cc4C)c3)CC2)cc1. The Balaban J connectivity index is 1.29. The third-order valence-corrected chi connectivity index (χ3v) is 6.14. The predicted molar refractivity (Wildman–Crippen MR) is 126 cm³/mol. The van der Waals surface area contributed by atoms with Crippen LogP contribution in [0.25, 0.3) is 0 Å². The summed E-state index contributed by atoms with van der Waals surface area (Å²) in [6, 6.07) is 18.3. The van der Waals surface area contributed by atoms with Crippen molar-refractivity contribution in [2.24, 2.45) is 0 Å². The molecule has 1 aromatic heterocycles. The lowest BCUT2D eigenvalue weighted by molar-refractivity contribution is 0.0638. The minimum Gasteiger partial charge on any atom is -0.497 e. The number of rotatable bonds is 7. The van der Waals surface area contributed by atoms with E-state index in [1.54, 1.807) is 7.11 Å². The molecule has 3 aromatic rings. The number of carbonyl (C=O) groups excluding carboxylic acids is 1. The van der Waals surface area contributed by atoms with Crippen molar-refractivity contribution >= 4 is 5.91 Å². The number of hydrogen-bond donors (Lipinski definition) is 0. The molecule has 0 saturated carbocycles. The summed E-state index contributed by atoms with van der Waals surface area (Å²) in [5.41, 5.74) is 5.31. The number of amides is 1. The summed E-state index contributed by atoms with van der Waals surface area (Å²) in [7, 11) is 1.69. The molecule has 2 heterocycles. The first-order chi connectivity index (χ1) is 15.5. The second-order valence-electron chi connectivity index (χ2n) is 8.52. The summed E-state index contributed by atoms with van der Waals surface area (Å²) in [4.78, 5) is 17.5. The third-order valence-electron chi connectivity index (χ3n) is 6.14. The molecule has 6 nitrogen and oxygen atoms in total. The lowest BCUT2D eigenvalue weighted by Gasteiger charge is -2.34. The maximum absolute atomic E-state index is 13.1. The average Bonchev–Trinajstić information content (AvgIpc) is 3.14. The summed E-state index contributed by atoms with van der Waals surface area (Å²) in [5, 5.41) is 4.54. The molecule has 0 bridgehead atoms. The van der Waals surface area contributed by atoms with Gasteiger partial charge in [0.05, 0.1) is 19.3 Å². The molecular weight excluding hydrogens is 400 g/mol. The first kappa shape index (κ1) is 22.1. The van der Waals surface area contributed by atoms with Gasteiger partial charge in [-0.05, 0) is 61.7 Å². The van der Waals surface area contributed by atoms with Crippen molar-refractivity contribution in [3.8, 4) is 5.75 Å². The van der Waals surface area contributed by atoms with Crippen LogP contribution in [-0.2, 0) is 13.0 Å². The molecule has 32 heavy (non-hydrogen) atoms. The molecule has 0 spiro atoms. The number of aromatic nitrogens is 2. The van der Waals surface area contributed by atoms with Gasteiger partial charge in [0.1, 0.15) is 5.75 Å². The maximum atomic E-state index is 13.1. The molecule has 1 fully saturated rings. The molecule has 6 heteroatoms. The van der Waals surface area contributed by atoms with E-state index in [-0.39, 0.29) is 5.91 Å². The number of methoxy groups -OCH3 is 1. The number of aryl methyl sites for hydroxylation is 2. The number of piperazine rings is 1. The van der Waals surface area contributed by atoms with Crippen LogP contribution < -0.4 is 4.74 Å². The normalized spacial score (nSPS) is 14.5. The van der Waals surface area contributed by atoms with Crippen molar-refractivity contribution in [1.29, 1.82) is 0 Å². The van der Waals surface area contributed by atoms with Crippen molar-refractivity contribution < 1.29 is 9.53 Å². The van der Waals surface area contributed by atoms with Gasteiger partial charge in [-0.1, -0.05) is 24.3 Å². The Morgan fingerprint density at radius 1 is 0.969 bits per heavy atom. The molecular formula is C26H32N4O2. The van der Waals surface area contributed by atoms with Crippen LogP contribution in [0.3, 0.4) is 0 Å². The van der Waals surface area contributed by atoms with Crippen LogP contribution in [0.15, 0.2) is 54.6 Å². The quantitative estimate of drug-likeness (QED) is 0.573. The Morgan fingerprint density at radius 3 is 2.38 bits per heavy atom. The molecule has 0 radical (unpaired) electrons. The maximum Gasteiger partial charge on any atom is 0.253 e. The Hall–Kier alpha value is -3.12. The number of benzene rings is 2. The van der Waals surface area contributed by atoms with Crippen LogP contribution in [0.5, 0.6) is 5.75 Å². The van der Waals surface area contributed by atoms with Gasteiger partial charge in [-0.15, -0.1) is 0 Å². The molecule has 1 aliphatic rings. The van der Waals surface area contributed by atoms with Gasteiger partial charge in [0.15, 0.2) is 0 Å². The van der Waals surface area contributed by atoms with Gasteiger partial charge in [-0.2, -0.15) is 5.10 Å². The summed E-state index contributed by atoms with van der Waals surface area (Å²) in [5.74, 6) is 1.01. The van der Waals surface area contributed by atoms with Crippen molar-refractivity contribution in [2.45, 2.75) is 26.8 Å². The van der Waals surface area contributed by atoms with E-state index in [1.165, 1.54) is 5.56 Å². The second-order valence-corrected chi connectivity index (χ2v) is 8.52. The topological polar surface area (TPSA) is 50.6 Å². The van der Waals surface area contributed by atoms with Gasteiger partial charge in [0, 0.05) is 44.0 Å². The van der Waals surface area contributed by atoms with Crippen LogP contribution in [-0.4, -0.2) is 65.3 Å². The van der Waals surface area contributed by atoms with Crippen molar-refractivity contribution in [3.63, 3.8) is 0 Å². The fourth-order valence-electron chi connectivity index (χ4n) is 4.25. The van der Waals surface area contributed by atoms with Gasteiger partial charge >= 0.3 is 0 Å². The Labute approximate surface area is 190 Å². The molecule has 0 atom stereocenters. The monoisotopic (exact) mass is 432 g/mol. The number of carbonyl (C=O) groups is 1. The molecule has 168 valence electrons. The minimum atomic E-state index is 0.120. The number of hydrogen-bond acceptors (Lipinski definition) is 4. The average molecular weight is 433 g/mol. The van der Waals surface area contributed by atoms with Crippen molar-refractivity contribution in [3.05, 3.63) is 82.7 Å². The summed E-state index contributed by atoms with van der Waals surface area (Å²) in [6.45, 7) is 9.10. The first-order valence-corrected chi connectivity index (χ1v) is 11.3. The smallest absolute Gasteiger partial charge is 0.253 e. The highest BCUT2D eigenvalue weighted by Crippen LogP contribution is 2.15. The third kappa shape index (κ3) is 5.37. The standard InChI is InChI=1S/C26H32N4O2/c1-20-17-21(2)30(27-20)19-23-5-4-6-24(18-23)26(31)29-15-13-28(14-16-29)12-11-22-7-9-25(32-3)10-8-22/h4-10,17-18H,11-16,19H2,1-3H3. The van der Waals surface area contributed by atoms with Crippen molar-refractivity contribution in [1.82, 2.24) is 19.6 Å². The molecule has 0 N–H and O–H groups in total. The van der Waals surface area contributed by atoms with Crippen LogP contribution in [0.4, 0.5) is 0 Å². The van der Waals surface area contributed by atoms with E-state index in [1.807, 2.05) is 46.8 Å². The molecule has 1 amide bonds.